The van der Waals surface area contributed by atoms with Gasteiger partial charge < -0.3 is 4.74 Å². The molecule has 0 saturated heterocycles. The van der Waals surface area contributed by atoms with Crippen molar-refractivity contribution in [1.82, 2.24) is 0 Å². The number of ketones is 1. The number of benzene rings is 2. The van der Waals surface area contributed by atoms with Crippen molar-refractivity contribution in [3.63, 3.8) is 0 Å². The second kappa shape index (κ2) is 7.34. The van der Waals surface area contributed by atoms with Gasteiger partial charge in [0.15, 0.2) is 0 Å². The van der Waals surface area contributed by atoms with E-state index < -0.39 is 24.2 Å². The Morgan fingerprint density at radius 3 is 2.29 bits per heavy atom. The van der Waals surface area contributed by atoms with Gasteiger partial charge in [0.2, 0.25) is 5.78 Å². The van der Waals surface area contributed by atoms with E-state index in [1.54, 1.807) is 26.0 Å². The van der Waals surface area contributed by atoms with Crippen LogP contribution in [0.15, 0.2) is 54.6 Å². The molecule has 0 radical (unpaired) electrons. The number of halogens is 2. The Morgan fingerprint density at radius 1 is 1.08 bits per heavy atom. The minimum absolute atomic E-state index is 0.0358. The molecule has 0 aromatic heterocycles. The summed E-state index contributed by atoms with van der Waals surface area (Å²) in [5.41, 5.74) is 0.118. The quantitative estimate of drug-likeness (QED) is 0.447. The van der Waals surface area contributed by atoms with E-state index in [9.17, 15) is 18.4 Å². The van der Waals surface area contributed by atoms with E-state index in [0.717, 1.165) is 12.1 Å². The van der Waals surface area contributed by atoms with Crippen molar-refractivity contribution < 1.29 is 25.8 Å². The summed E-state index contributed by atoms with van der Waals surface area (Å²) < 4.78 is 48.7. The highest BCUT2D eigenvalue weighted by atomic mass is 19.3. The normalized spacial score (nSPS) is 13.2. The van der Waals surface area contributed by atoms with Crippen molar-refractivity contribution in [2.24, 2.45) is 0 Å². The molecule has 0 saturated carbocycles. The first-order chi connectivity index (χ1) is 12.1. The zero-order chi connectivity index (χ0) is 19.5. The maximum Gasteiger partial charge on any atom is 0.404 e. The minimum atomic E-state index is -4.50. The molecular weight excluding hydrogens is 314 g/mol. The van der Waals surface area contributed by atoms with Crippen LogP contribution in [0.4, 0.5) is 8.78 Å². The molecule has 2 rings (SSSR count). The molecule has 5 heteroatoms. The third kappa shape index (κ3) is 3.85. The number of rotatable bonds is 6. The lowest BCUT2D eigenvalue weighted by Crippen LogP contribution is -2.39. The lowest BCUT2D eigenvalue weighted by molar-refractivity contribution is -0.166. The van der Waals surface area contributed by atoms with Crippen molar-refractivity contribution in [2.75, 3.05) is 0 Å². The Balaban J connectivity index is 2.29. The molecule has 24 heavy (non-hydrogen) atoms. The van der Waals surface area contributed by atoms with Crippen LogP contribution in [0.25, 0.3) is 0 Å². The molecule has 0 atom stereocenters. The number of hydrogen-bond acceptors (Lipinski definition) is 3. The van der Waals surface area contributed by atoms with Crippen molar-refractivity contribution in [1.29, 1.82) is 0 Å². The van der Waals surface area contributed by atoms with Crippen molar-refractivity contribution in [2.45, 2.75) is 32.2 Å². The van der Waals surface area contributed by atoms with E-state index in [4.69, 9.17) is 2.74 Å². The summed E-state index contributed by atoms with van der Waals surface area (Å²) in [6, 6.07) is 12.8. The van der Waals surface area contributed by atoms with Gasteiger partial charge >= 0.3 is 11.9 Å². The SMILES string of the molecule is [2H]C([2H])(OC(=O)C(F)(F)C(=O)c1ccccc1)c1ccccc1C(C)C. The molecule has 0 unspecified atom stereocenters. The van der Waals surface area contributed by atoms with Crippen LogP contribution in [0, 0.1) is 0 Å². The first-order valence-electron chi connectivity index (χ1n) is 8.38. The first kappa shape index (κ1) is 15.0. The molecule has 0 aliphatic rings. The molecular formula is C19H18F2O3. The van der Waals surface area contributed by atoms with Gasteiger partial charge in [-0.3, -0.25) is 4.79 Å². The van der Waals surface area contributed by atoms with Crippen molar-refractivity contribution in [3.05, 3.63) is 71.3 Å². The predicted octanol–water partition coefficient (Wildman–Crippen LogP) is 4.37. The molecule has 0 aliphatic carbocycles. The Morgan fingerprint density at radius 2 is 1.67 bits per heavy atom. The van der Waals surface area contributed by atoms with Crippen LogP contribution >= 0.6 is 0 Å². The monoisotopic (exact) mass is 334 g/mol. The molecule has 0 N–H and O–H groups in total. The fourth-order valence-electron chi connectivity index (χ4n) is 2.12. The lowest BCUT2D eigenvalue weighted by Gasteiger charge is -2.16. The van der Waals surface area contributed by atoms with Crippen LogP contribution in [0.5, 0.6) is 0 Å². The Bertz CT molecular complexity index is 805. The second-order valence-electron chi connectivity index (χ2n) is 5.50. The average Bonchev–Trinajstić information content (AvgIpc) is 2.61. The standard InChI is InChI=1S/C19H18F2O3/c1-13(2)16-11-7-6-10-15(16)12-24-18(23)19(20,21)17(22)14-8-4-3-5-9-14/h3-11,13H,12H2,1-2H3/i12D2. The zero-order valence-electron chi connectivity index (χ0n) is 15.3. The molecule has 0 aliphatic heterocycles. The van der Waals surface area contributed by atoms with Gasteiger partial charge in [0, 0.05) is 5.56 Å². The van der Waals surface area contributed by atoms with Gasteiger partial charge in [0.25, 0.3) is 0 Å². The van der Waals surface area contributed by atoms with Crippen LogP contribution in [0.3, 0.4) is 0 Å². The van der Waals surface area contributed by atoms with Crippen LogP contribution < -0.4 is 0 Å². The average molecular weight is 334 g/mol. The van der Waals surface area contributed by atoms with E-state index in [1.807, 2.05) is 0 Å². The fraction of sp³-hybridized carbons (Fsp3) is 0.263. The summed E-state index contributed by atoms with van der Waals surface area (Å²) in [4.78, 5) is 23.8. The highest BCUT2D eigenvalue weighted by molar-refractivity contribution is 6.13. The Labute approximate surface area is 142 Å². The van der Waals surface area contributed by atoms with Crippen LogP contribution in [-0.2, 0) is 16.1 Å². The largest absolute Gasteiger partial charge is 0.456 e. The zero-order valence-corrected chi connectivity index (χ0v) is 13.3. The third-order valence-corrected chi connectivity index (χ3v) is 3.41. The molecule has 0 spiro atoms. The number of alkyl halides is 2. The van der Waals surface area contributed by atoms with Crippen molar-refractivity contribution >= 4 is 11.8 Å². The van der Waals surface area contributed by atoms with Gasteiger partial charge in [-0.15, -0.1) is 0 Å². The van der Waals surface area contributed by atoms with Crippen LogP contribution in [0.2, 0.25) is 0 Å². The smallest absolute Gasteiger partial charge is 0.404 e. The van der Waals surface area contributed by atoms with Gasteiger partial charge in [-0.2, -0.15) is 8.78 Å². The maximum atomic E-state index is 14.2. The molecule has 0 bridgehead atoms. The first-order valence-corrected chi connectivity index (χ1v) is 7.38. The number of Topliss-reactive ketones (excluding diaryl/α,β-unsaturated/α-hetero) is 1. The summed E-state index contributed by atoms with van der Waals surface area (Å²) in [5.74, 6) is -8.58. The van der Waals surface area contributed by atoms with E-state index in [0.29, 0.717) is 5.56 Å². The van der Waals surface area contributed by atoms with Gasteiger partial charge in [0.1, 0.15) is 6.56 Å². The lowest BCUT2D eigenvalue weighted by atomic mass is 9.98. The van der Waals surface area contributed by atoms with E-state index >= 15 is 0 Å². The highest BCUT2D eigenvalue weighted by Crippen LogP contribution is 2.24. The molecule has 0 amide bonds. The maximum absolute atomic E-state index is 14.2. The Hall–Kier alpha value is -2.56. The van der Waals surface area contributed by atoms with E-state index in [1.165, 1.54) is 30.3 Å². The predicted molar refractivity (Wildman–Crippen MR) is 86.0 cm³/mol. The molecule has 2 aromatic rings. The van der Waals surface area contributed by atoms with E-state index in [-0.39, 0.29) is 17.0 Å². The molecule has 0 heterocycles. The van der Waals surface area contributed by atoms with Crippen LogP contribution in [0.1, 0.15) is 44.0 Å². The van der Waals surface area contributed by atoms with Gasteiger partial charge in [-0.1, -0.05) is 68.4 Å². The topological polar surface area (TPSA) is 43.4 Å². The molecule has 3 nitrogen and oxygen atoms in total. The summed E-state index contributed by atoms with van der Waals surface area (Å²) in [7, 11) is 0. The number of hydrogen-bond donors (Lipinski definition) is 0. The number of ether oxygens (including phenoxy) is 1. The molecule has 126 valence electrons. The highest BCUT2D eigenvalue weighted by Gasteiger charge is 2.49. The number of carbonyl (C=O) groups excluding carboxylic acids is 2. The number of carbonyl (C=O) groups is 2. The van der Waals surface area contributed by atoms with Gasteiger partial charge in [-0.05, 0) is 17.0 Å². The van der Waals surface area contributed by atoms with Crippen molar-refractivity contribution in [3.8, 4) is 0 Å². The minimum Gasteiger partial charge on any atom is -0.456 e. The van der Waals surface area contributed by atoms with Gasteiger partial charge in [0.05, 0.1) is 2.74 Å². The molecule has 2 aromatic carbocycles. The van der Waals surface area contributed by atoms with Gasteiger partial charge in [-0.25, -0.2) is 4.79 Å². The summed E-state index contributed by atoms with van der Waals surface area (Å²) in [6.45, 7) is 0.785. The summed E-state index contributed by atoms with van der Waals surface area (Å²) >= 11 is 0. The summed E-state index contributed by atoms with van der Waals surface area (Å²) in [6.07, 6.45) is 0. The van der Waals surface area contributed by atoms with Crippen LogP contribution in [-0.4, -0.2) is 17.7 Å². The number of esters is 1. The third-order valence-electron chi connectivity index (χ3n) is 3.41. The summed E-state index contributed by atoms with van der Waals surface area (Å²) in [5, 5.41) is 0. The van der Waals surface area contributed by atoms with E-state index in [2.05, 4.69) is 4.74 Å². The Kier molecular flexibility index (Phi) is 4.59. The fourth-order valence-corrected chi connectivity index (χ4v) is 2.12. The molecule has 0 fully saturated rings. The second-order valence-corrected chi connectivity index (χ2v) is 5.50.